The molecular weight excluding hydrogens is 915 g/mol. The predicted molar refractivity (Wildman–Crippen MR) is 269 cm³/mol. The third kappa shape index (κ3) is 40.6. The molecule has 0 aliphatic rings. The van der Waals surface area contributed by atoms with Crippen molar-refractivity contribution < 1.29 is 64.6 Å². The van der Waals surface area contributed by atoms with Crippen molar-refractivity contribution >= 4 is 12.2 Å². The van der Waals surface area contributed by atoms with Crippen LogP contribution in [0.25, 0.3) is 12.2 Å². The van der Waals surface area contributed by atoms with E-state index in [0.29, 0.717) is 26.8 Å². The summed E-state index contributed by atoms with van der Waals surface area (Å²) in [7, 11) is 0. The standard InChI is InChI=1S/C19H24O2.C19H20O2.C9H14F6O3.C4H6.C3H4.C2H6O/c2*1-3-9-18(10-4-1)13-7-15-20-17-21-16-8-14-19-11-5-2-6-12-19;1-3-5-16-7(10,11)8(12,13)18-9(14,15)17-6-4-2;1-3-4-2;1-3-2;1-2-3/h1-6,9-12H,7-8,13-17H2;1-14H,15-17H2;3-6H2,1-2H3;1-2H3;1H,2H3;3H,2H2,1H3/b;13-7+,14-8?;;;;. The van der Waals surface area contributed by atoms with Crippen molar-refractivity contribution in [3.63, 3.8) is 0 Å². The largest absolute Gasteiger partial charge is 0.490 e. The van der Waals surface area contributed by atoms with Gasteiger partial charge in [-0.15, -0.1) is 33.0 Å². The Kier molecular flexibility index (Phi) is 44.0. The van der Waals surface area contributed by atoms with Crippen molar-refractivity contribution in [2.45, 2.75) is 98.6 Å². The molecule has 0 atom stereocenters. The van der Waals surface area contributed by atoms with Crippen molar-refractivity contribution in [2.24, 2.45) is 0 Å². The number of benzene rings is 4. The average Bonchev–Trinajstić information content (AvgIpc) is 3.36. The first-order valence-corrected chi connectivity index (χ1v) is 23.0. The maximum Gasteiger partial charge on any atom is 0.490 e. The van der Waals surface area contributed by atoms with Gasteiger partial charge in [-0.1, -0.05) is 159 Å². The SMILES string of the molecule is C#CC.C(=Cc1ccccc1)COCOC/C=C/c1ccccc1.CC#CC.CCCOC(F)(F)OC(F)(F)C(F)(F)OCCC.CCO.c1ccc(CCCOCOCCCc2ccccc2)cc1. The zero-order valence-electron chi connectivity index (χ0n) is 41.6. The molecule has 14 heteroatoms. The topological polar surface area (TPSA) is 84.8 Å². The first-order valence-electron chi connectivity index (χ1n) is 23.0. The van der Waals surface area contributed by atoms with Gasteiger partial charge in [0.15, 0.2) is 0 Å². The molecule has 0 saturated heterocycles. The first-order chi connectivity index (χ1) is 33.7. The van der Waals surface area contributed by atoms with Crippen LogP contribution in [0.15, 0.2) is 133 Å². The fourth-order valence-corrected chi connectivity index (χ4v) is 4.78. The Labute approximate surface area is 414 Å². The van der Waals surface area contributed by atoms with E-state index in [1.807, 2.05) is 86.7 Å². The number of halogens is 6. The summed E-state index contributed by atoms with van der Waals surface area (Å²) in [4.78, 5) is 0. The Bertz CT molecular complexity index is 1800. The molecule has 4 rings (SSSR count). The van der Waals surface area contributed by atoms with Gasteiger partial charge in [0.2, 0.25) is 0 Å². The number of hydrogen-bond donors (Lipinski definition) is 1. The van der Waals surface area contributed by atoms with Gasteiger partial charge in [-0.25, -0.2) is 4.74 Å². The molecule has 0 bridgehead atoms. The number of aliphatic hydroxyl groups is 1. The zero-order valence-corrected chi connectivity index (χ0v) is 41.6. The van der Waals surface area contributed by atoms with Gasteiger partial charge in [0, 0.05) is 19.8 Å². The van der Waals surface area contributed by atoms with Gasteiger partial charge in [-0.3, -0.25) is 4.74 Å². The van der Waals surface area contributed by atoms with E-state index in [0.717, 1.165) is 38.9 Å². The van der Waals surface area contributed by atoms with Crippen molar-refractivity contribution in [2.75, 3.05) is 59.8 Å². The van der Waals surface area contributed by atoms with Gasteiger partial charge in [0.05, 0.1) is 26.4 Å². The minimum atomic E-state index is -5.50. The smallest absolute Gasteiger partial charge is 0.397 e. The lowest BCUT2D eigenvalue weighted by Gasteiger charge is -2.28. The van der Waals surface area contributed by atoms with Crippen LogP contribution in [-0.4, -0.2) is 83.5 Å². The normalized spacial score (nSPS) is 10.8. The molecule has 70 heavy (non-hydrogen) atoms. The summed E-state index contributed by atoms with van der Waals surface area (Å²) in [6.45, 7) is 12.0. The van der Waals surface area contributed by atoms with E-state index in [1.165, 1.54) is 36.1 Å². The molecule has 4 aromatic carbocycles. The third-order valence-electron chi connectivity index (χ3n) is 7.97. The second-order valence-electron chi connectivity index (χ2n) is 14.0. The van der Waals surface area contributed by atoms with Gasteiger partial charge in [-0.2, -0.15) is 17.6 Å². The van der Waals surface area contributed by atoms with Crippen LogP contribution in [0.4, 0.5) is 26.3 Å². The van der Waals surface area contributed by atoms with Gasteiger partial charge in [0.1, 0.15) is 13.6 Å². The van der Waals surface area contributed by atoms with Gasteiger partial charge in [-0.05, 0) is 88.5 Å². The summed E-state index contributed by atoms with van der Waals surface area (Å²) in [5, 5.41) is 7.57. The lowest BCUT2D eigenvalue weighted by molar-refractivity contribution is -0.526. The van der Waals surface area contributed by atoms with Crippen molar-refractivity contribution in [3.05, 3.63) is 156 Å². The summed E-state index contributed by atoms with van der Waals surface area (Å²) < 4.78 is 108. The second kappa shape index (κ2) is 46.1. The maximum absolute atomic E-state index is 12.8. The Morgan fingerprint density at radius 3 is 1.21 bits per heavy atom. The second-order valence-corrected chi connectivity index (χ2v) is 14.0. The van der Waals surface area contributed by atoms with Gasteiger partial charge < -0.3 is 28.8 Å². The van der Waals surface area contributed by atoms with Crippen LogP contribution >= 0.6 is 0 Å². The Morgan fingerprint density at radius 1 is 0.514 bits per heavy atom. The molecule has 388 valence electrons. The quantitative estimate of drug-likeness (QED) is 0.0274. The molecule has 0 spiro atoms. The Hall–Kier alpha value is -5.26. The van der Waals surface area contributed by atoms with Crippen LogP contribution in [0.1, 0.15) is 89.5 Å². The Morgan fingerprint density at radius 2 is 0.857 bits per heavy atom. The van der Waals surface area contributed by atoms with E-state index in [9.17, 15) is 26.3 Å². The van der Waals surface area contributed by atoms with Crippen molar-refractivity contribution in [3.8, 4) is 24.2 Å². The number of alkyl halides is 6. The van der Waals surface area contributed by atoms with Crippen LogP contribution in [0.5, 0.6) is 0 Å². The van der Waals surface area contributed by atoms with Crippen LogP contribution in [-0.2, 0) is 46.0 Å². The number of rotatable bonds is 27. The fraction of sp³-hybridized carbons (Fsp3) is 0.429. The molecule has 0 heterocycles. The molecule has 1 N–H and O–H groups in total. The highest BCUT2D eigenvalue weighted by Crippen LogP contribution is 2.40. The molecule has 0 amide bonds. The Balaban J connectivity index is 0. The molecule has 0 aliphatic heterocycles. The molecule has 0 aliphatic carbocycles. The summed E-state index contributed by atoms with van der Waals surface area (Å²) in [5.41, 5.74) is 5.08. The van der Waals surface area contributed by atoms with Crippen LogP contribution in [0.2, 0.25) is 0 Å². The van der Waals surface area contributed by atoms with E-state index in [1.54, 1.807) is 13.8 Å². The summed E-state index contributed by atoms with van der Waals surface area (Å²) >= 11 is 0. The maximum atomic E-state index is 12.8. The van der Waals surface area contributed by atoms with Crippen molar-refractivity contribution in [1.29, 1.82) is 0 Å². The molecule has 0 saturated carbocycles. The molecule has 0 radical (unpaired) electrons. The molecule has 4 aromatic rings. The summed E-state index contributed by atoms with van der Waals surface area (Å²) in [6.07, 6.45) is 1.45. The van der Waals surface area contributed by atoms with Gasteiger partial charge >= 0.3 is 18.5 Å². The molecule has 0 aromatic heterocycles. The number of aryl methyl sites for hydroxylation is 2. The minimum Gasteiger partial charge on any atom is -0.397 e. The van der Waals surface area contributed by atoms with E-state index < -0.39 is 31.7 Å². The number of hydrogen-bond acceptors (Lipinski definition) is 8. The fourth-order valence-electron chi connectivity index (χ4n) is 4.78. The predicted octanol–water partition coefficient (Wildman–Crippen LogP) is 13.9. The zero-order chi connectivity index (χ0) is 52.5. The molecule has 0 fully saturated rings. The van der Waals surface area contributed by atoms with Crippen LogP contribution in [0.3, 0.4) is 0 Å². The van der Waals surface area contributed by atoms with E-state index in [2.05, 4.69) is 111 Å². The van der Waals surface area contributed by atoms with Crippen LogP contribution < -0.4 is 0 Å². The molecule has 0 unspecified atom stereocenters. The number of aliphatic hydroxyl groups excluding tert-OH is 1. The highest BCUT2D eigenvalue weighted by atomic mass is 19.3. The first kappa shape index (κ1) is 66.8. The highest BCUT2D eigenvalue weighted by Gasteiger charge is 2.64. The monoisotopic (exact) mass is 989 g/mol. The van der Waals surface area contributed by atoms with Crippen molar-refractivity contribution in [1.82, 2.24) is 0 Å². The average molecular weight is 989 g/mol. The van der Waals surface area contributed by atoms with E-state index in [-0.39, 0.29) is 19.4 Å². The molecule has 8 nitrogen and oxygen atoms in total. The molecular formula is C56H74F6O8. The number of terminal acetylenes is 1. The van der Waals surface area contributed by atoms with E-state index in [4.69, 9.17) is 24.1 Å². The number of ether oxygens (including phenoxy) is 7. The highest BCUT2D eigenvalue weighted by molar-refractivity contribution is 5.49. The summed E-state index contributed by atoms with van der Waals surface area (Å²) in [5.74, 6) is 7.61. The van der Waals surface area contributed by atoms with E-state index >= 15 is 0 Å². The third-order valence-corrected chi connectivity index (χ3v) is 7.97. The van der Waals surface area contributed by atoms with Gasteiger partial charge in [0.25, 0.3) is 0 Å². The minimum absolute atomic E-state index is 0.00833. The lowest BCUT2D eigenvalue weighted by Crippen LogP contribution is -2.49. The summed E-state index contributed by atoms with van der Waals surface area (Å²) in [6, 6.07) is 41.3. The lowest BCUT2D eigenvalue weighted by atomic mass is 10.1. The van der Waals surface area contributed by atoms with Crippen LogP contribution in [0, 0.1) is 24.2 Å².